The van der Waals surface area contributed by atoms with Crippen molar-refractivity contribution in [3.8, 4) is 0 Å². The van der Waals surface area contributed by atoms with Crippen LogP contribution in [0.1, 0.15) is 33.1 Å². The molecular weight excluding hydrogens is 266 g/mol. The van der Waals surface area contributed by atoms with E-state index < -0.39 is 0 Å². The van der Waals surface area contributed by atoms with E-state index in [0.29, 0.717) is 12.2 Å². The smallest absolute Gasteiger partial charge is 0.287 e. The molecule has 2 rings (SSSR count). The van der Waals surface area contributed by atoms with E-state index in [0.717, 1.165) is 25.9 Å². The molecule has 0 bridgehead atoms. The van der Waals surface area contributed by atoms with Gasteiger partial charge in [-0.25, -0.2) is 4.68 Å². The van der Waals surface area contributed by atoms with Crippen LogP contribution < -0.4 is 10.9 Å². The summed E-state index contributed by atoms with van der Waals surface area (Å²) in [5.74, 6) is 0. The van der Waals surface area contributed by atoms with Gasteiger partial charge in [-0.1, -0.05) is 18.5 Å². The Hall–Kier alpha value is -1.07. The topological polar surface area (TPSA) is 56.1 Å². The van der Waals surface area contributed by atoms with E-state index >= 15 is 0 Å². The van der Waals surface area contributed by atoms with Crippen molar-refractivity contribution in [3.63, 3.8) is 0 Å². The molecule has 1 aliphatic heterocycles. The number of hydrogen-bond donors (Lipinski definition) is 1. The fraction of sp³-hybridized carbons (Fsp3) is 0.692. The number of rotatable bonds is 5. The molecule has 2 heterocycles. The predicted molar refractivity (Wildman–Crippen MR) is 75.9 cm³/mol. The van der Waals surface area contributed by atoms with E-state index in [1.54, 1.807) is 6.20 Å². The number of ether oxygens (including phenoxy) is 1. The minimum Gasteiger partial charge on any atom is -0.377 e. The van der Waals surface area contributed by atoms with Crippen molar-refractivity contribution in [2.75, 3.05) is 11.9 Å². The molecule has 0 spiro atoms. The molecule has 1 aromatic heterocycles. The van der Waals surface area contributed by atoms with Crippen LogP contribution in [0, 0.1) is 0 Å². The third-order valence-electron chi connectivity index (χ3n) is 3.33. The summed E-state index contributed by atoms with van der Waals surface area (Å²) in [6.07, 6.45) is 4.76. The summed E-state index contributed by atoms with van der Waals surface area (Å²) in [5.41, 5.74) is 0.343. The zero-order chi connectivity index (χ0) is 13.8. The number of aryl methyl sites for hydroxylation is 1. The Labute approximate surface area is 117 Å². The third kappa shape index (κ3) is 3.28. The van der Waals surface area contributed by atoms with Crippen LogP contribution in [0.2, 0.25) is 5.02 Å². The molecule has 2 unspecified atom stereocenters. The van der Waals surface area contributed by atoms with Gasteiger partial charge in [0.2, 0.25) is 0 Å². The highest BCUT2D eigenvalue weighted by Crippen LogP contribution is 2.21. The van der Waals surface area contributed by atoms with Crippen molar-refractivity contribution in [2.45, 2.75) is 51.8 Å². The van der Waals surface area contributed by atoms with Crippen molar-refractivity contribution in [1.82, 2.24) is 9.78 Å². The summed E-state index contributed by atoms with van der Waals surface area (Å²) >= 11 is 6.11. The van der Waals surface area contributed by atoms with Gasteiger partial charge >= 0.3 is 0 Å². The van der Waals surface area contributed by atoms with Crippen LogP contribution >= 0.6 is 11.6 Å². The van der Waals surface area contributed by atoms with Crippen LogP contribution in [0.3, 0.4) is 0 Å². The van der Waals surface area contributed by atoms with E-state index in [1.165, 1.54) is 4.68 Å². The highest BCUT2D eigenvalue weighted by Gasteiger charge is 2.23. The van der Waals surface area contributed by atoms with Gasteiger partial charge in [0.1, 0.15) is 5.02 Å². The number of aromatic nitrogens is 2. The maximum Gasteiger partial charge on any atom is 0.287 e. The second-order valence-corrected chi connectivity index (χ2v) is 5.26. The molecule has 0 aliphatic carbocycles. The lowest BCUT2D eigenvalue weighted by molar-refractivity contribution is 0.0996. The summed E-state index contributed by atoms with van der Waals surface area (Å²) in [5, 5.41) is 7.56. The molecule has 2 atom stereocenters. The number of hydrogen-bond acceptors (Lipinski definition) is 4. The zero-order valence-corrected chi connectivity index (χ0v) is 12.1. The fourth-order valence-corrected chi connectivity index (χ4v) is 2.47. The molecule has 1 fully saturated rings. The van der Waals surface area contributed by atoms with Crippen molar-refractivity contribution < 1.29 is 4.74 Å². The van der Waals surface area contributed by atoms with E-state index in [9.17, 15) is 4.79 Å². The van der Waals surface area contributed by atoms with E-state index in [1.807, 2.05) is 13.8 Å². The quantitative estimate of drug-likeness (QED) is 0.902. The zero-order valence-electron chi connectivity index (χ0n) is 11.4. The minimum atomic E-state index is -0.243. The maximum atomic E-state index is 12.0. The van der Waals surface area contributed by atoms with Gasteiger partial charge in [-0.15, -0.1) is 0 Å². The first-order chi connectivity index (χ1) is 9.13. The van der Waals surface area contributed by atoms with Crippen molar-refractivity contribution in [1.29, 1.82) is 0 Å². The van der Waals surface area contributed by atoms with Gasteiger partial charge in [0.25, 0.3) is 5.56 Å². The summed E-state index contributed by atoms with van der Waals surface area (Å²) in [4.78, 5) is 12.0. The first-order valence-corrected chi connectivity index (χ1v) is 7.15. The van der Waals surface area contributed by atoms with Crippen LogP contribution in [0.4, 0.5) is 5.69 Å². The number of halogens is 1. The van der Waals surface area contributed by atoms with E-state index in [4.69, 9.17) is 16.3 Å². The maximum absolute atomic E-state index is 12.0. The molecule has 106 valence electrons. The highest BCUT2D eigenvalue weighted by atomic mass is 35.5. The average Bonchev–Trinajstić information content (AvgIpc) is 2.92. The molecule has 0 amide bonds. The fourth-order valence-electron chi connectivity index (χ4n) is 2.27. The van der Waals surface area contributed by atoms with Crippen LogP contribution in [0.5, 0.6) is 0 Å². The molecule has 1 aromatic rings. The highest BCUT2D eigenvalue weighted by molar-refractivity contribution is 6.32. The molecule has 0 aromatic carbocycles. The van der Waals surface area contributed by atoms with Gasteiger partial charge in [0.15, 0.2) is 0 Å². The van der Waals surface area contributed by atoms with Crippen LogP contribution in [0.15, 0.2) is 11.0 Å². The Morgan fingerprint density at radius 1 is 1.68 bits per heavy atom. The molecule has 0 radical (unpaired) electrons. The molecule has 1 N–H and O–H groups in total. The first-order valence-electron chi connectivity index (χ1n) is 6.77. The van der Waals surface area contributed by atoms with Gasteiger partial charge in [0.05, 0.1) is 18.0 Å². The molecule has 1 aliphatic rings. The van der Waals surface area contributed by atoms with E-state index in [2.05, 4.69) is 10.4 Å². The Kier molecular flexibility index (Phi) is 4.82. The monoisotopic (exact) mass is 285 g/mol. The number of nitrogens with zero attached hydrogens (tertiary/aromatic N) is 2. The molecule has 0 saturated carbocycles. The molecular formula is C13H20ClN3O2. The van der Waals surface area contributed by atoms with Crippen molar-refractivity contribution in [3.05, 3.63) is 21.6 Å². The third-order valence-corrected chi connectivity index (χ3v) is 3.69. The molecule has 19 heavy (non-hydrogen) atoms. The standard InChI is InChI=1S/C13H20ClN3O2/c1-3-6-17-13(18)12(14)10(8-15-17)16-9(2)11-5-4-7-19-11/h8-9,11,16H,3-7H2,1-2H3. The van der Waals surface area contributed by atoms with E-state index in [-0.39, 0.29) is 22.7 Å². The Morgan fingerprint density at radius 3 is 3.11 bits per heavy atom. The normalized spacial score (nSPS) is 20.5. The summed E-state index contributed by atoms with van der Waals surface area (Å²) in [7, 11) is 0. The summed E-state index contributed by atoms with van der Waals surface area (Å²) in [6.45, 7) is 5.42. The van der Waals surface area contributed by atoms with Gasteiger partial charge in [-0.3, -0.25) is 4.79 Å². The van der Waals surface area contributed by atoms with Gasteiger partial charge in [0, 0.05) is 19.2 Å². The molecule has 5 nitrogen and oxygen atoms in total. The lowest BCUT2D eigenvalue weighted by Crippen LogP contribution is -2.32. The lowest BCUT2D eigenvalue weighted by Gasteiger charge is -2.21. The van der Waals surface area contributed by atoms with Crippen LogP contribution in [-0.4, -0.2) is 28.5 Å². The Morgan fingerprint density at radius 2 is 2.47 bits per heavy atom. The van der Waals surface area contributed by atoms with Gasteiger partial charge in [-0.2, -0.15) is 5.10 Å². The SMILES string of the molecule is CCCn1ncc(NC(C)C2CCCO2)c(Cl)c1=O. The second kappa shape index (κ2) is 6.39. The molecule has 1 saturated heterocycles. The van der Waals surface area contributed by atoms with Gasteiger partial charge < -0.3 is 10.1 Å². The summed E-state index contributed by atoms with van der Waals surface area (Å²) in [6, 6.07) is 0.114. The number of nitrogens with one attached hydrogen (secondary N) is 1. The van der Waals surface area contributed by atoms with Crippen LogP contribution in [0.25, 0.3) is 0 Å². The average molecular weight is 286 g/mol. The first kappa shape index (κ1) is 14.3. The summed E-state index contributed by atoms with van der Waals surface area (Å²) < 4.78 is 7.00. The molecule has 6 heteroatoms. The minimum absolute atomic E-state index is 0.114. The second-order valence-electron chi connectivity index (χ2n) is 4.89. The lowest BCUT2D eigenvalue weighted by atomic mass is 10.1. The van der Waals surface area contributed by atoms with Crippen molar-refractivity contribution >= 4 is 17.3 Å². The van der Waals surface area contributed by atoms with Crippen LogP contribution in [-0.2, 0) is 11.3 Å². The van der Waals surface area contributed by atoms with Crippen molar-refractivity contribution in [2.24, 2.45) is 0 Å². The Balaban J connectivity index is 2.12. The largest absolute Gasteiger partial charge is 0.377 e. The number of anilines is 1. The van der Waals surface area contributed by atoms with Gasteiger partial charge in [-0.05, 0) is 26.2 Å². The Bertz CT molecular complexity index is 483. The predicted octanol–water partition coefficient (Wildman–Crippen LogP) is 2.29.